The molecule has 1 aliphatic heterocycles. The van der Waals surface area contributed by atoms with E-state index in [1.165, 1.54) is 9.58 Å². The number of alkyl halides is 3. The quantitative estimate of drug-likeness (QED) is 0.367. The Hall–Kier alpha value is -3.31. The first-order valence-electron chi connectivity index (χ1n) is 11.0. The first-order chi connectivity index (χ1) is 16.4. The summed E-state index contributed by atoms with van der Waals surface area (Å²) in [5.41, 5.74) is -0.224. The Morgan fingerprint density at radius 1 is 1.06 bits per heavy atom. The van der Waals surface area contributed by atoms with Gasteiger partial charge < -0.3 is 4.90 Å². The lowest BCUT2D eigenvalue weighted by Gasteiger charge is -2.41. The average molecular weight is 499 g/mol. The third-order valence-electron chi connectivity index (χ3n) is 6.45. The lowest BCUT2D eigenvalue weighted by Crippen LogP contribution is -2.47. The largest absolute Gasteiger partial charge is 0.433 e. The van der Waals surface area contributed by atoms with Gasteiger partial charge in [0.25, 0.3) is 5.91 Å². The zero-order valence-corrected chi connectivity index (χ0v) is 19.4. The predicted octanol–water partition coefficient (Wildman–Crippen LogP) is 5.18. The highest BCUT2D eigenvalue weighted by atomic mass is 19.4. The van der Waals surface area contributed by atoms with Crippen LogP contribution in [0.2, 0.25) is 0 Å². The molecule has 0 aliphatic carbocycles. The van der Waals surface area contributed by atoms with Gasteiger partial charge in [-0.2, -0.15) is 23.4 Å². The lowest BCUT2D eigenvalue weighted by atomic mass is 9.87. The molecule has 2 unspecified atom stereocenters. The maximum Gasteiger partial charge on any atom is 0.433 e. The maximum atomic E-state index is 14.0. The van der Waals surface area contributed by atoms with Crippen molar-refractivity contribution < 1.29 is 31.1 Å². The minimum Gasteiger partial charge on any atom is -0.327 e. The maximum absolute atomic E-state index is 14.0. The van der Waals surface area contributed by atoms with Crippen molar-refractivity contribution in [2.24, 2.45) is 14.1 Å². The second-order valence-corrected chi connectivity index (χ2v) is 8.52. The highest BCUT2D eigenvalue weighted by Crippen LogP contribution is 2.42. The molecule has 0 radical (unpaired) electrons. The topological polar surface area (TPSA) is 56.0 Å². The van der Waals surface area contributed by atoms with Gasteiger partial charge in [0.1, 0.15) is 0 Å². The third kappa shape index (κ3) is 3.98. The van der Waals surface area contributed by atoms with Gasteiger partial charge in [-0.05, 0) is 31.4 Å². The van der Waals surface area contributed by atoms with Crippen molar-refractivity contribution in [1.82, 2.24) is 24.5 Å². The van der Waals surface area contributed by atoms with Gasteiger partial charge in [0, 0.05) is 31.3 Å². The summed E-state index contributed by atoms with van der Waals surface area (Å²) in [7, 11) is 2.67. The molecule has 0 fully saturated rings. The fourth-order valence-corrected chi connectivity index (χ4v) is 4.94. The summed E-state index contributed by atoms with van der Waals surface area (Å²) in [5, 5.41) is 8.13. The van der Waals surface area contributed by atoms with Crippen LogP contribution in [-0.2, 0) is 26.7 Å². The number of carbonyl (C=O) groups excluding carboxylic acids is 1. The Balaban J connectivity index is 1.85. The summed E-state index contributed by atoms with van der Waals surface area (Å²) in [6, 6.07) is 0.549. The van der Waals surface area contributed by atoms with Crippen LogP contribution in [0.4, 0.5) is 26.3 Å². The molecule has 3 heterocycles. The van der Waals surface area contributed by atoms with E-state index in [1.54, 1.807) is 20.9 Å². The van der Waals surface area contributed by atoms with Crippen LogP contribution < -0.4 is 0 Å². The van der Waals surface area contributed by atoms with Crippen molar-refractivity contribution in [2.75, 3.05) is 0 Å². The van der Waals surface area contributed by atoms with Gasteiger partial charge in [0.2, 0.25) is 0 Å². The first kappa shape index (κ1) is 24.8. The van der Waals surface area contributed by atoms with E-state index in [0.29, 0.717) is 34.5 Å². The zero-order chi connectivity index (χ0) is 25.8. The highest BCUT2D eigenvalue weighted by Gasteiger charge is 2.45. The number of hydrogen-bond acceptors (Lipinski definition) is 3. The number of benzene rings is 1. The van der Waals surface area contributed by atoms with Gasteiger partial charge in [-0.3, -0.25) is 14.2 Å². The smallest absolute Gasteiger partial charge is 0.327 e. The first-order valence-corrected chi connectivity index (χ1v) is 11.0. The van der Waals surface area contributed by atoms with E-state index in [1.807, 2.05) is 0 Å². The van der Waals surface area contributed by atoms with Crippen LogP contribution in [0.5, 0.6) is 0 Å². The van der Waals surface area contributed by atoms with Crippen LogP contribution >= 0.6 is 0 Å². The fourth-order valence-electron chi connectivity index (χ4n) is 4.94. The zero-order valence-electron chi connectivity index (χ0n) is 19.4. The molecule has 2 atom stereocenters. The van der Waals surface area contributed by atoms with Gasteiger partial charge in [-0.25, -0.2) is 13.2 Å². The molecule has 4 rings (SSSR count). The molecule has 3 aromatic rings. The minimum atomic E-state index is -4.78. The Morgan fingerprint density at radius 3 is 2.23 bits per heavy atom. The standard InChI is InChI=1S/C23H23F6N5O/c1-5-12-9-13-19(31-32(3)20(13)11-7-15(24)18(26)16(25)8-11)17(6-2)34(12)22(35)14-10-30-33(4)21(14)23(27,28)29/h7-8,10,12,17H,5-6,9H2,1-4H3. The molecule has 0 saturated carbocycles. The number of hydrogen-bond donors (Lipinski definition) is 0. The number of aromatic nitrogens is 4. The summed E-state index contributed by atoms with van der Waals surface area (Å²) in [6.07, 6.45) is -2.94. The number of aryl methyl sites for hydroxylation is 2. The Labute approximate surface area is 197 Å². The number of carbonyl (C=O) groups is 1. The van der Waals surface area contributed by atoms with E-state index in [0.717, 1.165) is 25.4 Å². The Bertz CT molecular complexity index is 1270. The molecular weight excluding hydrogens is 476 g/mol. The lowest BCUT2D eigenvalue weighted by molar-refractivity contribution is -0.144. The second kappa shape index (κ2) is 8.72. The summed E-state index contributed by atoms with van der Waals surface area (Å²) in [5.74, 6) is -5.10. The molecule has 1 aromatic carbocycles. The molecule has 0 bridgehead atoms. The minimum absolute atomic E-state index is 0.0775. The van der Waals surface area contributed by atoms with Crippen LogP contribution in [0, 0.1) is 17.5 Å². The number of halogens is 6. The van der Waals surface area contributed by atoms with Crippen LogP contribution in [0.25, 0.3) is 11.3 Å². The summed E-state index contributed by atoms with van der Waals surface area (Å²) < 4.78 is 84.5. The molecule has 12 heteroatoms. The number of amides is 1. The van der Waals surface area contributed by atoms with Crippen molar-refractivity contribution in [1.29, 1.82) is 0 Å². The molecule has 0 spiro atoms. The van der Waals surface area contributed by atoms with E-state index in [4.69, 9.17) is 0 Å². The van der Waals surface area contributed by atoms with Gasteiger partial charge in [-0.1, -0.05) is 13.8 Å². The number of nitrogens with zero attached hydrogens (tertiary/aromatic N) is 5. The molecule has 6 nitrogen and oxygen atoms in total. The fraction of sp³-hybridized carbons (Fsp3) is 0.435. The van der Waals surface area contributed by atoms with E-state index in [2.05, 4.69) is 10.2 Å². The van der Waals surface area contributed by atoms with Crippen LogP contribution in [0.15, 0.2) is 18.3 Å². The predicted molar refractivity (Wildman–Crippen MR) is 114 cm³/mol. The number of fused-ring (bicyclic) bond motifs is 1. The molecule has 0 N–H and O–H groups in total. The van der Waals surface area contributed by atoms with Gasteiger partial charge in [0.15, 0.2) is 23.1 Å². The van der Waals surface area contributed by atoms with E-state index in [-0.39, 0.29) is 12.0 Å². The highest BCUT2D eigenvalue weighted by molar-refractivity contribution is 5.96. The molecule has 0 saturated heterocycles. The summed E-state index contributed by atoms with van der Waals surface area (Å²) >= 11 is 0. The second-order valence-electron chi connectivity index (χ2n) is 8.52. The van der Waals surface area contributed by atoms with Gasteiger partial charge in [0.05, 0.1) is 29.2 Å². The third-order valence-corrected chi connectivity index (χ3v) is 6.45. The van der Waals surface area contributed by atoms with Crippen molar-refractivity contribution in [2.45, 2.75) is 51.4 Å². The normalized spacial score (nSPS) is 18.2. The Kier molecular flexibility index (Phi) is 6.18. The van der Waals surface area contributed by atoms with E-state index in [9.17, 15) is 31.1 Å². The van der Waals surface area contributed by atoms with Gasteiger partial charge >= 0.3 is 6.18 Å². The van der Waals surface area contributed by atoms with Crippen LogP contribution in [-0.4, -0.2) is 36.4 Å². The monoisotopic (exact) mass is 499 g/mol. The van der Waals surface area contributed by atoms with E-state index < -0.39 is 52.9 Å². The van der Waals surface area contributed by atoms with Gasteiger partial charge in [-0.15, -0.1) is 0 Å². The molecule has 2 aromatic heterocycles. The summed E-state index contributed by atoms with van der Waals surface area (Å²) in [6.45, 7) is 3.57. The summed E-state index contributed by atoms with van der Waals surface area (Å²) in [4.78, 5) is 14.9. The number of rotatable bonds is 4. The van der Waals surface area contributed by atoms with Crippen molar-refractivity contribution in [3.63, 3.8) is 0 Å². The molecule has 1 aliphatic rings. The molecule has 1 amide bonds. The van der Waals surface area contributed by atoms with Crippen LogP contribution in [0.3, 0.4) is 0 Å². The van der Waals surface area contributed by atoms with Crippen LogP contribution in [0.1, 0.15) is 60.0 Å². The Morgan fingerprint density at radius 2 is 1.69 bits per heavy atom. The van der Waals surface area contributed by atoms with Crippen molar-refractivity contribution in [3.05, 3.63) is 58.3 Å². The molecule has 188 valence electrons. The molecular formula is C23H23F6N5O. The molecule has 35 heavy (non-hydrogen) atoms. The van der Waals surface area contributed by atoms with E-state index >= 15 is 0 Å². The average Bonchev–Trinajstić information content (AvgIpc) is 3.34. The van der Waals surface area contributed by atoms with Crippen molar-refractivity contribution >= 4 is 5.91 Å². The van der Waals surface area contributed by atoms with Crippen molar-refractivity contribution in [3.8, 4) is 11.3 Å². The SMILES string of the molecule is CCC1Cc2c(nn(C)c2-c2cc(F)c(F)c(F)c2)C(CC)N1C(=O)c1cnn(C)c1C(F)(F)F.